The van der Waals surface area contributed by atoms with Crippen LogP contribution in [-0.4, -0.2) is 39.8 Å². The van der Waals surface area contributed by atoms with Gasteiger partial charge in [0.05, 0.1) is 11.0 Å². The van der Waals surface area contributed by atoms with E-state index in [1.165, 1.54) is 31.2 Å². The van der Waals surface area contributed by atoms with Crippen molar-refractivity contribution in [1.82, 2.24) is 15.5 Å². The highest BCUT2D eigenvalue weighted by atomic mass is 16.6. The third-order valence-electron chi connectivity index (χ3n) is 5.76. The van der Waals surface area contributed by atoms with Crippen molar-refractivity contribution < 1.29 is 19.3 Å². The molecule has 3 rings (SSSR count). The molecule has 2 aliphatic rings. The Labute approximate surface area is 173 Å². The second kappa shape index (κ2) is 8.10. The largest absolute Gasteiger partial charge is 0.336 e. The van der Waals surface area contributed by atoms with Gasteiger partial charge in [-0.3, -0.25) is 24.6 Å². The van der Waals surface area contributed by atoms with Crippen molar-refractivity contribution in [3.63, 3.8) is 0 Å². The molecule has 1 aromatic rings. The van der Waals surface area contributed by atoms with Gasteiger partial charge in [-0.05, 0) is 25.3 Å². The standard InChI is InChI=1S/C20H23N5O5/c1-19(14-7-6-8-15(11-14)25(29)30)17(27)24(18(28)23-19)12-16(26)22-20(13-21)9-4-2-3-5-10-20/h6-8,11H,2-5,9-10,12H2,1H3,(H,22,26)(H,23,28). The lowest BCUT2D eigenvalue weighted by Crippen LogP contribution is -2.51. The first-order valence-corrected chi connectivity index (χ1v) is 9.82. The second-order valence-electron chi connectivity index (χ2n) is 7.91. The van der Waals surface area contributed by atoms with E-state index in [-0.39, 0.29) is 11.3 Å². The summed E-state index contributed by atoms with van der Waals surface area (Å²) in [5.74, 6) is -1.28. The van der Waals surface area contributed by atoms with Crippen molar-refractivity contribution in [2.24, 2.45) is 0 Å². The molecule has 1 atom stereocenters. The van der Waals surface area contributed by atoms with Gasteiger partial charge < -0.3 is 10.6 Å². The fourth-order valence-corrected chi connectivity index (χ4v) is 4.01. The molecule has 2 fully saturated rings. The monoisotopic (exact) mass is 413 g/mol. The molecule has 30 heavy (non-hydrogen) atoms. The first-order valence-electron chi connectivity index (χ1n) is 9.82. The first kappa shape index (κ1) is 21.2. The van der Waals surface area contributed by atoms with Crippen LogP contribution in [0.4, 0.5) is 10.5 Å². The molecule has 1 aromatic carbocycles. The average Bonchev–Trinajstić information content (AvgIpc) is 2.88. The summed E-state index contributed by atoms with van der Waals surface area (Å²) in [7, 11) is 0. The minimum Gasteiger partial charge on any atom is -0.336 e. The number of nitrogens with zero attached hydrogens (tertiary/aromatic N) is 3. The molecule has 0 radical (unpaired) electrons. The van der Waals surface area contributed by atoms with Gasteiger partial charge in [0.15, 0.2) is 0 Å². The minimum absolute atomic E-state index is 0.212. The number of benzene rings is 1. The van der Waals surface area contributed by atoms with Gasteiger partial charge >= 0.3 is 6.03 Å². The fraction of sp³-hybridized carbons (Fsp3) is 0.500. The number of nitro benzene ring substituents is 1. The fourth-order valence-electron chi connectivity index (χ4n) is 4.01. The summed E-state index contributed by atoms with van der Waals surface area (Å²) in [5.41, 5.74) is -2.49. The van der Waals surface area contributed by atoms with E-state index < -0.39 is 40.4 Å². The number of nitrogens with one attached hydrogen (secondary N) is 2. The number of nitro groups is 1. The molecule has 158 valence electrons. The van der Waals surface area contributed by atoms with Crippen molar-refractivity contribution in [2.75, 3.05) is 6.54 Å². The second-order valence-corrected chi connectivity index (χ2v) is 7.91. The normalized spacial score (nSPS) is 23.3. The lowest BCUT2D eigenvalue weighted by Gasteiger charge is -2.27. The van der Waals surface area contributed by atoms with Crippen molar-refractivity contribution in [3.05, 3.63) is 39.9 Å². The van der Waals surface area contributed by atoms with Crippen LogP contribution in [0.25, 0.3) is 0 Å². The summed E-state index contributed by atoms with van der Waals surface area (Å²) < 4.78 is 0. The SMILES string of the molecule is CC1(c2cccc([N+](=O)[O-])c2)NC(=O)N(CC(=O)NC2(C#N)CCCCCC2)C1=O. The van der Waals surface area contributed by atoms with E-state index in [0.29, 0.717) is 12.8 Å². The van der Waals surface area contributed by atoms with E-state index in [2.05, 4.69) is 16.7 Å². The van der Waals surface area contributed by atoms with Crippen LogP contribution in [-0.2, 0) is 15.1 Å². The van der Waals surface area contributed by atoms with Gasteiger partial charge in [-0.1, -0.05) is 37.8 Å². The van der Waals surface area contributed by atoms with Gasteiger partial charge in [-0.15, -0.1) is 0 Å². The highest BCUT2D eigenvalue weighted by molar-refractivity contribution is 6.09. The lowest BCUT2D eigenvalue weighted by atomic mass is 9.91. The predicted octanol–water partition coefficient (Wildman–Crippen LogP) is 2.09. The van der Waals surface area contributed by atoms with Crippen molar-refractivity contribution in [3.8, 4) is 6.07 Å². The maximum absolute atomic E-state index is 13.0. The molecule has 1 unspecified atom stereocenters. The molecule has 0 aromatic heterocycles. The van der Waals surface area contributed by atoms with Crippen LogP contribution >= 0.6 is 0 Å². The maximum Gasteiger partial charge on any atom is 0.325 e. The number of urea groups is 1. The Kier molecular flexibility index (Phi) is 5.73. The van der Waals surface area contributed by atoms with E-state index in [4.69, 9.17) is 0 Å². The van der Waals surface area contributed by atoms with E-state index in [0.717, 1.165) is 30.6 Å². The van der Waals surface area contributed by atoms with Gasteiger partial charge in [-0.25, -0.2) is 4.79 Å². The Balaban J connectivity index is 1.76. The molecule has 1 heterocycles. The number of non-ortho nitro benzene ring substituents is 1. The predicted molar refractivity (Wildman–Crippen MR) is 105 cm³/mol. The van der Waals surface area contributed by atoms with Crippen LogP contribution in [0.3, 0.4) is 0 Å². The molecule has 1 aliphatic carbocycles. The van der Waals surface area contributed by atoms with Crippen molar-refractivity contribution in [2.45, 2.75) is 56.5 Å². The Morgan fingerprint density at radius 3 is 2.57 bits per heavy atom. The van der Waals surface area contributed by atoms with Crippen LogP contribution < -0.4 is 10.6 Å². The van der Waals surface area contributed by atoms with Gasteiger partial charge in [0.25, 0.3) is 11.6 Å². The molecule has 10 heteroatoms. The molecule has 1 saturated heterocycles. The zero-order valence-electron chi connectivity index (χ0n) is 16.6. The minimum atomic E-state index is -1.53. The highest BCUT2D eigenvalue weighted by Crippen LogP contribution is 2.31. The third kappa shape index (κ3) is 3.96. The molecule has 10 nitrogen and oxygen atoms in total. The van der Waals surface area contributed by atoms with Gasteiger partial charge in [-0.2, -0.15) is 5.26 Å². The Bertz CT molecular complexity index is 932. The van der Waals surface area contributed by atoms with E-state index in [9.17, 15) is 29.8 Å². The molecule has 0 spiro atoms. The molecule has 1 saturated carbocycles. The summed E-state index contributed by atoms with van der Waals surface area (Å²) in [6, 6.07) is 6.86. The number of carbonyl (C=O) groups is 3. The molecule has 4 amide bonds. The summed E-state index contributed by atoms with van der Waals surface area (Å²) >= 11 is 0. The maximum atomic E-state index is 13.0. The summed E-state index contributed by atoms with van der Waals surface area (Å²) in [4.78, 5) is 49.2. The lowest BCUT2D eigenvalue weighted by molar-refractivity contribution is -0.385. The van der Waals surface area contributed by atoms with Crippen molar-refractivity contribution >= 4 is 23.5 Å². The molecule has 0 bridgehead atoms. The van der Waals surface area contributed by atoms with E-state index >= 15 is 0 Å². The summed E-state index contributed by atoms with van der Waals surface area (Å²) in [6.07, 6.45) is 4.69. The number of hydrogen-bond acceptors (Lipinski definition) is 6. The number of amides is 4. The van der Waals surface area contributed by atoms with Crippen LogP contribution in [0, 0.1) is 21.4 Å². The summed E-state index contributed by atoms with van der Waals surface area (Å²) in [5, 5.41) is 25.9. The Morgan fingerprint density at radius 2 is 1.97 bits per heavy atom. The Hall–Kier alpha value is -3.48. The van der Waals surface area contributed by atoms with Crippen molar-refractivity contribution in [1.29, 1.82) is 5.26 Å². The summed E-state index contributed by atoms with van der Waals surface area (Å²) in [6.45, 7) is 0.908. The first-order chi connectivity index (χ1) is 14.2. The highest BCUT2D eigenvalue weighted by Gasteiger charge is 2.50. The topological polar surface area (TPSA) is 145 Å². The number of carbonyl (C=O) groups excluding carboxylic acids is 3. The zero-order valence-corrected chi connectivity index (χ0v) is 16.6. The van der Waals surface area contributed by atoms with Gasteiger partial charge in [0.1, 0.15) is 17.6 Å². The van der Waals surface area contributed by atoms with E-state index in [1.807, 2.05) is 0 Å². The smallest absolute Gasteiger partial charge is 0.325 e. The van der Waals surface area contributed by atoms with Gasteiger partial charge in [0, 0.05) is 12.1 Å². The zero-order chi connectivity index (χ0) is 21.9. The Morgan fingerprint density at radius 1 is 1.30 bits per heavy atom. The average molecular weight is 413 g/mol. The third-order valence-corrected chi connectivity index (χ3v) is 5.76. The van der Waals surface area contributed by atoms with Crippen LogP contribution in [0.1, 0.15) is 51.0 Å². The number of rotatable bonds is 5. The molecular formula is C20H23N5O5. The molecule has 2 N–H and O–H groups in total. The number of nitriles is 1. The molecule has 1 aliphatic heterocycles. The van der Waals surface area contributed by atoms with Crippen LogP contribution in [0.15, 0.2) is 24.3 Å². The van der Waals surface area contributed by atoms with E-state index in [1.54, 1.807) is 0 Å². The van der Waals surface area contributed by atoms with Crippen LogP contribution in [0.2, 0.25) is 0 Å². The van der Waals surface area contributed by atoms with Crippen LogP contribution in [0.5, 0.6) is 0 Å². The van der Waals surface area contributed by atoms with Gasteiger partial charge in [0.2, 0.25) is 5.91 Å². The number of imide groups is 1. The quantitative estimate of drug-likeness (QED) is 0.327. The number of hydrogen-bond donors (Lipinski definition) is 2. The molecular weight excluding hydrogens is 390 g/mol.